The second-order valence-corrected chi connectivity index (χ2v) is 11.8. The van der Waals surface area contributed by atoms with E-state index in [9.17, 15) is 18.3 Å². The molecule has 186 valence electrons. The largest absolute Gasteiger partial charge is 0.459 e. The molecule has 1 N–H and O–H groups in total. The summed E-state index contributed by atoms with van der Waals surface area (Å²) >= 11 is 0. The lowest BCUT2D eigenvalue weighted by Crippen LogP contribution is -2.47. The molecule has 1 atom stereocenters. The summed E-state index contributed by atoms with van der Waals surface area (Å²) in [6, 6.07) is 7.78. The van der Waals surface area contributed by atoms with Crippen LogP contribution in [0, 0.1) is 0 Å². The van der Waals surface area contributed by atoms with Crippen molar-refractivity contribution in [3.63, 3.8) is 0 Å². The van der Waals surface area contributed by atoms with E-state index in [-0.39, 0.29) is 19.1 Å². The smallest absolute Gasteiger partial charge is 0.343 e. The number of hydrogen-bond donors (Lipinski definition) is 1. The summed E-state index contributed by atoms with van der Waals surface area (Å²) < 4.78 is 31.6. The SMILES string of the molecule is CC[C@@]1(O)C(=O)OCC2=C1C=C1c3nc4ccccc4c(CCN(C(C)C)S(C)(=O)=O)c3CN1C2. The van der Waals surface area contributed by atoms with E-state index >= 15 is 0 Å². The van der Waals surface area contributed by atoms with E-state index in [4.69, 9.17) is 9.72 Å². The predicted octanol–water partition coefficient (Wildman–Crippen LogP) is 2.61. The number of hydrogen-bond acceptors (Lipinski definition) is 7. The first kappa shape index (κ1) is 24.0. The van der Waals surface area contributed by atoms with Crippen LogP contribution < -0.4 is 0 Å². The molecule has 0 aliphatic carbocycles. The van der Waals surface area contributed by atoms with Crippen molar-refractivity contribution in [2.75, 3.05) is 26.0 Å². The van der Waals surface area contributed by atoms with Gasteiger partial charge in [-0.05, 0) is 50.0 Å². The Balaban J connectivity index is 1.62. The van der Waals surface area contributed by atoms with Crippen LogP contribution in [-0.2, 0) is 32.5 Å². The molecule has 0 amide bonds. The molecule has 35 heavy (non-hydrogen) atoms. The molecule has 0 radical (unpaired) electrons. The third-order valence-corrected chi connectivity index (χ3v) is 8.80. The molecule has 2 aromatic rings. The second kappa shape index (κ2) is 8.43. The lowest BCUT2D eigenvalue weighted by Gasteiger charge is -2.37. The van der Waals surface area contributed by atoms with Crippen molar-refractivity contribution in [3.05, 3.63) is 58.3 Å². The molecule has 3 aliphatic rings. The van der Waals surface area contributed by atoms with E-state index in [1.165, 1.54) is 10.6 Å². The van der Waals surface area contributed by atoms with Crippen molar-refractivity contribution in [3.8, 4) is 0 Å². The highest BCUT2D eigenvalue weighted by atomic mass is 32.2. The average molecular weight is 498 g/mol. The average Bonchev–Trinajstić information content (AvgIpc) is 3.16. The molecule has 0 bridgehead atoms. The summed E-state index contributed by atoms with van der Waals surface area (Å²) in [5.41, 5.74) is 4.59. The topological polar surface area (TPSA) is 100 Å². The minimum atomic E-state index is -3.34. The van der Waals surface area contributed by atoms with E-state index < -0.39 is 21.6 Å². The van der Waals surface area contributed by atoms with Gasteiger partial charge in [-0.3, -0.25) is 0 Å². The van der Waals surface area contributed by atoms with E-state index in [2.05, 4.69) is 4.90 Å². The van der Waals surface area contributed by atoms with Crippen LogP contribution in [-0.4, -0.2) is 71.3 Å². The number of esters is 1. The number of nitrogens with zero attached hydrogens (tertiary/aromatic N) is 3. The number of carbonyl (C=O) groups excluding carboxylic acids is 1. The maximum atomic E-state index is 12.4. The van der Waals surface area contributed by atoms with Crippen LogP contribution in [0.2, 0.25) is 0 Å². The Morgan fingerprint density at radius 3 is 2.69 bits per heavy atom. The van der Waals surface area contributed by atoms with Crippen LogP contribution in [0.4, 0.5) is 0 Å². The number of rotatable bonds is 6. The van der Waals surface area contributed by atoms with Crippen molar-refractivity contribution >= 4 is 32.6 Å². The minimum Gasteiger partial charge on any atom is -0.459 e. The van der Waals surface area contributed by atoms with Gasteiger partial charge in [0.15, 0.2) is 5.60 Å². The third kappa shape index (κ3) is 3.86. The Bertz CT molecular complexity index is 1400. The van der Waals surface area contributed by atoms with Crippen molar-refractivity contribution in [2.45, 2.75) is 51.8 Å². The van der Waals surface area contributed by atoms with Crippen LogP contribution in [0.15, 0.2) is 41.5 Å². The molecule has 1 aromatic carbocycles. The molecule has 1 aromatic heterocycles. The van der Waals surface area contributed by atoms with E-state index in [1.54, 1.807) is 6.92 Å². The van der Waals surface area contributed by atoms with Gasteiger partial charge in [0.2, 0.25) is 10.0 Å². The quantitative estimate of drug-likeness (QED) is 0.613. The van der Waals surface area contributed by atoms with E-state index in [0.717, 1.165) is 39.0 Å². The van der Waals surface area contributed by atoms with Gasteiger partial charge in [-0.2, -0.15) is 4.31 Å². The minimum absolute atomic E-state index is 0.139. The number of aromatic nitrogens is 1. The van der Waals surface area contributed by atoms with E-state index in [1.807, 2.05) is 44.2 Å². The first-order valence-electron chi connectivity index (χ1n) is 12.0. The molecule has 0 saturated carbocycles. The lowest BCUT2D eigenvalue weighted by atomic mass is 9.83. The maximum absolute atomic E-state index is 12.4. The molecule has 9 heteroatoms. The zero-order chi connectivity index (χ0) is 25.1. The Morgan fingerprint density at radius 1 is 1.26 bits per heavy atom. The third-order valence-electron chi connectivity index (χ3n) is 7.34. The molecule has 8 nitrogen and oxygen atoms in total. The van der Waals surface area contributed by atoms with Gasteiger partial charge in [-0.15, -0.1) is 0 Å². The van der Waals surface area contributed by atoms with Crippen molar-refractivity contribution in [1.29, 1.82) is 0 Å². The van der Waals surface area contributed by atoms with Gasteiger partial charge in [0.1, 0.15) is 6.61 Å². The van der Waals surface area contributed by atoms with Crippen molar-refractivity contribution in [1.82, 2.24) is 14.2 Å². The van der Waals surface area contributed by atoms with Crippen LogP contribution in [0.5, 0.6) is 0 Å². The highest BCUT2D eigenvalue weighted by Gasteiger charge is 2.47. The van der Waals surface area contributed by atoms with E-state index in [0.29, 0.717) is 31.6 Å². The monoisotopic (exact) mass is 497 g/mol. The van der Waals surface area contributed by atoms with Gasteiger partial charge < -0.3 is 14.7 Å². The van der Waals surface area contributed by atoms with Gasteiger partial charge in [0.25, 0.3) is 0 Å². The summed E-state index contributed by atoms with van der Waals surface area (Å²) in [4.78, 5) is 19.6. The number of pyridine rings is 1. The molecule has 3 aliphatic heterocycles. The summed E-state index contributed by atoms with van der Waals surface area (Å²) in [7, 11) is -3.34. The fourth-order valence-corrected chi connectivity index (χ4v) is 6.74. The Labute approximate surface area is 205 Å². The summed E-state index contributed by atoms with van der Waals surface area (Å²) in [6.45, 7) is 7.27. The van der Waals surface area contributed by atoms with Gasteiger partial charge in [0.05, 0.1) is 23.2 Å². The second-order valence-electron chi connectivity index (χ2n) is 9.84. The molecular weight excluding hydrogens is 466 g/mol. The van der Waals surface area contributed by atoms with Crippen LogP contribution >= 0.6 is 0 Å². The number of benzene rings is 1. The molecule has 0 fully saturated rings. The molecule has 5 rings (SSSR count). The standard InChI is InChI=1S/C26H31N3O5S/c1-5-26(31)21-12-23-24-20(14-28(23)13-17(21)15-34-25(26)30)18(19-8-6-7-9-22(19)27-24)10-11-29(16(2)3)35(4,32)33/h6-9,12,16,31H,5,10-11,13-15H2,1-4H3/t26-/m0/s1. The number of fused-ring (bicyclic) bond motifs is 4. The van der Waals surface area contributed by atoms with Gasteiger partial charge in [-0.25, -0.2) is 18.2 Å². The summed E-state index contributed by atoms with van der Waals surface area (Å²) in [5.74, 6) is -0.607. The first-order valence-corrected chi connectivity index (χ1v) is 13.9. The number of cyclic esters (lactones) is 1. The Kier molecular flexibility index (Phi) is 5.77. The highest BCUT2D eigenvalue weighted by molar-refractivity contribution is 7.88. The lowest BCUT2D eigenvalue weighted by molar-refractivity contribution is -0.163. The Hall–Kier alpha value is -2.75. The zero-order valence-electron chi connectivity index (χ0n) is 20.5. The van der Waals surface area contributed by atoms with Crippen molar-refractivity contribution < 1.29 is 23.1 Å². The summed E-state index contributed by atoms with van der Waals surface area (Å²) in [6.07, 6.45) is 3.94. The number of carbonyl (C=O) groups is 1. The fourth-order valence-electron chi connectivity index (χ4n) is 5.55. The molecule has 4 heterocycles. The number of para-hydroxylation sites is 1. The summed E-state index contributed by atoms with van der Waals surface area (Å²) in [5, 5.41) is 12.2. The zero-order valence-corrected chi connectivity index (χ0v) is 21.4. The van der Waals surface area contributed by atoms with Gasteiger partial charge in [0, 0.05) is 42.2 Å². The van der Waals surface area contributed by atoms with Gasteiger partial charge in [-0.1, -0.05) is 25.1 Å². The van der Waals surface area contributed by atoms with Gasteiger partial charge >= 0.3 is 5.97 Å². The number of aliphatic hydroxyl groups is 1. The molecule has 0 spiro atoms. The highest BCUT2D eigenvalue weighted by Crippen LogP contribution is 2.44. The Morgan fingerprint density at radius 2 is 2.00 bits per heavy atom. The van der Waals surface area contributed by atoms with Crippen LogP contribution in [0.3, 0.4) is 0 Å². The number of ether oxygens (including phenoxy) is 1. The maximum Gasteiger partial charge on any atom is 0.343 e. The van der Waals surface area contributed by atoms with Crippen molar-refractivity contribution in [2.24, 2.45) is 0 Å². The molecule has 0 unspecified atom stereocenters. The molecule has 0 saturated heterocycles. The fraction of sp³-hybridized carbons (Fsp3) is 0.462. The first-order chi connectivity index (χ1) is 16.5. The molecular formula is C26H31N3O5S. The predicted molar refractivity (Wildman–Crippen MR) is 134 cm³/mol. The van der Waals surface area contributed by atoms with Crippen LogP contribution in [0.25, 0.3) is 16.6 Å². The number of sulfonamides is 1. The normalized spacial score (nSPS) is 21.9. The van der Waals surface area contributed by atoms with Crippen LogP contribution in [0.1, 0.15) is 44.0 Å².